The van der Waals surface area contributed by atoms with Crippen LogP contribution < -0.4 is 9.47 Å². The second-order valence-electron chi connectivity index (χ2n) is 5.80. The summed E-state index contributed by atoms with van der Waals surface area (Å²) >= 11 is 0. The fourth-order valence-electron chi connectivity index (χ4n) is 2.31. The van der Waals surface area contributed by atoms with Crippen molar-refractivity contribution in [1.82, 2.24) is 0 Å². The Morgan fingerprint density at radius 2 is 1.73 bits per heavy atom. The van der Waals surface area contributed by atoms with E-state index in [4.69, 9.17) is 9.47 Å². The number of benzene rings is 2. The van der Waals surface area contributed by atoms with Gasteiger partial charge in [0.05, 0.1) is 11.8 Å². The molecule has 0 saturated heterocycles. The smallest absolute Gasteiger partial charge is 0.346 e. The monoisotopic (exact) mass is 360 g/mol. The van der Waals surface area contributed by atoms with Crippen molar-refractivity contribution in [1.29, 1.82) is 0 Å². The molecule has 3 nitrogen and oxygen atoms in total. The zero-order valence-corrected chi connectivity index (χ0v) is 14.9. The predicted molar refractivity (Wildman–Crippen MR) is 96.4 cm³/mol. The van der Waals surface area contributed by atoms with Gasteiger partial charge in [-0.1, -0.05) is 38.8 Å². The van der Waals surface area contributed by atoms with Gasteiger partial charge < -0.3 is 9.47 Å². The summed E-state index contributed by atoms with van der Waals surface area (Å²) in [5.41, 5.74) is 0.632. The molecule has 0 aliphatic carbocycles. The van der Waals surface area contributed by atoms with Crippen molar-refractivity contribution >= 4 is 5.97 Å². The summed E-state index contributed by atoms with van der Waals surface area (Å²) in [4.78, 5) is 12.1. The third-order valence-electron chi connectivity index (χ3n) is 3.69. The molecular weight excluding hydrogens is 338 g/mol. The van der Waals surface area contributed by atoms with Gasteiger partial charge in [0.1, 0.15) is 5.75 Å². The van der Waals surface area contributed by atoms with E-state index in [9.17, 15) is 13.6 Å². The lowest BCUT2D eigenvalue weighted by Crippen LogP contribution is -2.12. The van der Waals surface area contributed by atoms with Crippen LogP contribution in [0.15, 0.2) is 48.7 Å². The van der Waals surface area contributed by atoms with Gasteiger partial charge in [0, 0.05) is 0 Å². The van der Waals surface area contributed by atoms with Crippen LogP contribution in [0.4, 0.5) is 8.78 Å². The van der Waals surface area contributed by atoms with E-state index < -0.39 is 23.2 Å². The van der Waals surface area contributed by atoms with Crippen molar-refractivity contribution in [2.24, 2.45) is 0 Å². The average molecular weight is 360 g/mol. The Bertz CT molecular complexity index is 768. The second-order valence-corrected chi connectivity index (χ2v) is 5.80. The number of ether oxygens (including phenoxy) is 2. The van der Waals surface area contributed by atoms with Gasteiger partial charge in [0.15, 0.2) is 11.6 Å². The summed E-state index contributed by atoms with van der Waals surface area (Å²) < 4.78 is 38.4. The van der Waals surface area contributed by atoms with Gasteiger partial charge in [-0.05, 0) is 48.7 Å². The molecule has 0 aromatic heterocycles. The highest BCUT2D eigenvalue weighted by Crippen LogP contribution is 2.24. The van der Waals surface area contributed by atoms with Crippen molar-refractivity contribution in [2.45, 2.75) is 39.5 Å². The maximum Gasteiger partial charge on any atom is 0.346 e. The van der Waals surface area contributed by atoms with E-state index in [1.165, 1.54) is 12.3 Å². The van der Waals surface area contributed by atoms with E-state index in [-0.39, 0.29) is 11.5 Å². The first-order chi connectivity index (χ1) is 12.6. The normalized spacial score (nSPS) is 10.9. The highest BCUT2D eigenvalue weighted by molar-refractivity contribution is 5.91. The number of aryl methyl sites for hydroxylation is 1. The number of hydrogen-bond donors (Lipinski definition) is 0. The van der Waals surface area contributed by atoms with Crippen LogP contribution in [-0.4, -0.2) is 5.97 Å². The van der Waals surface area contributed by atoms with Gasteiger partial charge in [-0.2, -0.15) is 4.39 Å². The Balaban J connectivity index is 2.10. The van der Waals surface area contributed by atoms with Crippen LogP contribution >= 0.6 is 0 Å². The van der Waals surface area contributed by atoms with Gasteiger partial charge in [-0.25, -0.2) is 9.18 Å². The maximum atomic E-state index is 14.2. The molecule has 0 bridgehead atoms. The predicted octanol–water partition coefficient (Wildman–Crippen LogP) is 5.83. The fraction of sp³-hybridized carbons (Fsp3) is 0.286. The van der Waals surface area contributed by atoms with Gasteiger partial charge in [0.25, 0.3) is 0 Å². The Labute approximate surface area is 152 Å². The van der Waals surface area contributed by atoms with Gasteiger partial charge in [0.2, 0.25) is 5.82 Å². The summed E-state index contributed by atoms with van der Waals surface area (Å²) in [6, 6.07) is 9.29. The molecule has 0 N–H and O–H groups in total. The number of hydrogen-bond acceptors (Lipinski definition) is 3. The topological polar surface area (TPSA) is 35.5 Å². The van der Waals surface area contributed by atoms with Gasteiger partial charge in [-0.15, -0.1) is 0 Å². The molecule has 5 heteroatoms. The number of carbonyl (C=O) groups excluding carboxylic acids is 1. The lowest BCUT2D eigenvalue weighted by molar-refractivity contribution is 0.0728. The molecule has 0 spiro atoms. The first-order valence-corrected chi connectivity index (χ1v) is 8.67. The summed E-state index contributed by atoms with van der Waals surface area (Å²) in [7, 11) is 0. The van der Waals surface area contributed by atoms with E-state index in [2.05, 4.69) is 6.92 Å². The Morgan fingerprint density at radius 3 is 2.38 bits per heavy atom. The third-order valence-corrected chi connectivity index (χ3v) is 3.69. The largest absolute Gasteiger partial charge is 0.462 e. The van der Waals surface area contributed by atoms with Crippen molar-refractivity contribution in [3.05, 3.63) is 71.5 Å². The van der Waals surface area contributed by atoms with Crippen molar-refractivity contribution in [3.8, 4) is 11.5 Å². The summed E-state index contributed by atoms with van der Waals surface area (Å²) in [5.74, 6) is -3.48. The first kappa shape index (κ1) is 19.6. The molecule has 0 radical (unpaired) electrons. The highest BCUT2D eigenvalue weighted by atomic mass is 19.2. The molecule has 0 aliphatic rings. The molecule has 0 saturated carbocycles. The molecule has 2 aromatic rings. The SMILES string of the molecule is CCC/C=C/Oc1ccc(C(=O)Oc2ccc(CCC)cc2)c(F)c1F. The standard InChI is InChI=1S/C21H22F2O3/c1-3-5-6-14-25-18-13-12-17(19(22)20(18)23)21(24)26-16-10-8-15(7-4-2)9-11-16/h6,8-14H,3-5,7H2,1-2H3/b14-6+. The molecule has 0 amide bonds. The van der Waals surface area contributed by atoms with Crippen LogP contribution in [-0.2, 0) is 6.42 Å². The van der Waals surface area contributed by atoms with Crippen LogP contribution in [0.1, 0.15) is 49.0 Å². The minimum Gasteiger partial charge on any atom is -0.462 e. The average Bonchev–Trinajstić information content (AvgIpc) is 2.64. The fourth-order valence-corrected chi connectivity index (χ4v) is 2.31. The molecule has 2 rings (SSSR count). The zero-order valence-electron chi connectivity index (χ0n) is 14.9. The lowest BCUT2D eigenvalue weighted by atomic mass is 10.1. The minimum absolute atomic E-state index is 0.275. The minimum atomic E-state index is -1.29. The zero-order chi connectivity index (χ0) is 18.9. The summed E-state index contributed by atoms with van der Waals surface area (Å²) in [6.45, 7) is 4.06. The van der Waals surface area contributed by atoms with Crippen molar-refractivity contribution in [3.63, 3.8) is 0 Å². The molecular formula is C21H22F2O3. The Kier molecular flexibility index (Phi) is 7.33. The summed E-state index contributed by atoms with van der Waals surface area (Å²) in [5, 5.41) is 0. The Morgan fingerprint density at radius 1 is 1.00 bits per heavy atom. The molecule has 0 fully saturated rings. The van der Waals surface area contributed by atoms with Crippen LogP contribution in [0.3, 0.4) is 0 Å². The van der Waals surface area contributed by atoms with E-state index in [1.54, 1.807) is 18.2 Å². The Hall–Kier alpha value is -2.69. The first-order valence-electron chi connectivity index (χ1n) is 8.67. The number of esters is 1. The van der Waals surface area contributed by atoms with E-state index >= 15 is 0 Å². The van der Waals surface area contributed by atoms with Crippen LogP contribution in [0.2, 0.25) is 0 Å². The van der Waals surface area contributed by atoms with Crippen LogP contribution in [0.5, 0.6) is 11.5 Å². The quantitative estimate of drug-likeness (QED) is 0.338. The van der Waals surface area contributed by atoms with E-state index in [0.717, 1.165) is 37.3 Å². The van der Waals surface area contributed by atoms with E-state index in [1.807, 2.05) is 19.1 Å². The van der Waals surface area contributed by atoms with E-state index in [0.29, 0.717) is 0 Å². The van der Waals surface area contributed by atoms with Crippen molar-refractivity contribution < 1.29 is 23.0 Å². The highest BCUT2D eigenvalue weighted by Gasteiger charge is 2.21. The number of carbonyl (C=O) groups is 1. The number of rotatable bonds is 8. The molecule has 0 unspecified atom stereocenters. The molecule has 26 heavy (non-hydrogen) atoms. The molecule has 0 heterocycles. The second kappa shape index (κ2) is 9.70. The molecule has 138 valence electrons. The van der Waals surface area contributed by atoms with Gasteiger partial charge >= 0.3 is 5.97 Å². The lowest BCUT2D eigenvalue weighted by Gasteiger charge is -2.08. The number of halogens is 2. The van der Waals surface area contributed by atoms with Gasteiger partial charge in [-0.3, -0.25) is 0 Å². The molecule has 0 aliphatic heterocycles. The van der Waals surface area contributed by atoms with Crippen LogP contribution in [0, 0.1) is 11.6 Å². The third kappa shape index (κ3) is 5.15. The van der Waals surface area contributed by atoms with Crippen LogP contribution in [0.25, 0.3) is 0 Å². The van der Waals surface area contributed by atoms with Crippen molar-refractivity contribution in [2.75, 3.05) is 0 Å². The maximum absolute atomic E-state index is 14.2. The summed E-state index contributed by atoms with van der Waals surface area (Å²) in [6.07, 6.45) is 6.62. The molecule has 2 aromatic carbocycles. The number of allylic oxidation sites excluding steroid dienone is 1. The number of unbranched alkanes of at least 4 members (excludes halogenated alkanes) is 1. The molecule has 0 atom stereocenters.